The Morgan fingerprint density at radius 3 is 2.83 bits per heavy atom. The number of carbonyl (C=O) groups excluding carboxylic acids is 1. The van der Waals surface area contributed by atoms with E-state index in [2.05, 4.69) is 10.4 Å². The number of carbonyl (C=O) groups is 1. The summed E-state index contributed by atoms with van der Waals surface area (Å²) < 4.78 is 20.0. The molecule has 0 aliphatic carbocycles. The highest BCUT2D eigenvalue weighted by molar-refractivity contribution is 6.04. The summed E-state index contributed by atoms with van der Waals surface area (Å²) in [5.74, 6) is -0.788. The molecule has 0 saturated carbocycles. The molecule has 1 N–H and O–H groups in total. The van der Waals surface area contributed by atoms with Crippen molar-refractivity contribution in [3.8, 4) is 5.75 Å². The van der Waals surface area contributed by atoms with E-state index in [0.717, 1.165) is 6.07 Å². The van der Waals surface area contributed by atoms with Gasteiger partial charge in [-0.05, 0) is 12.1 Å². The molecule has 0 radical (unpaired) electrons. The predicted octanol–water partition coefficient (Wildman–Crippen LogP) is 1.82. The quantitative estimate of drug-likeness (QED) is 0.902. The molecule has 0 atom stereocenters. The van der Waals surface area contributed by atoms with Crippen molar-refractivity contribution >= 4 is 11.6 Å². The molecule has 0 spiro atoms. The molecule has 6 heteroatoms. The maximum absolute atomic E-state index is 13.6. The van der Waals surface area contributed by atoms with Crippen molar-refractivity contribution in [3.05, 3.63) is 42.0 Å². The average Bonchev–Trinajstić information content (AvgIpc) is 2.74. The molecular formula is C12H12FN3O2. The Balaban J connectivity index is 2.18. The molecule has 1 aromatic heterocycles. The molecule has 2 rings (SSSR count). The number of hydrogen-bond donors (Lipinski definition) is 1. The van der Waals surface area contributed by atoms with Crippen molar-refractivity contribution < 1.29 is 13.9 Å². The lowest BCUT2D eigenvalue weighted by atomic mass is 10.2. The molecule has 94 valence electrons. The van der Waals surface area contributed by atoms with Crippen LogP contribution in [0, 0.1) is 5.82 Å². The van der Waals surface area contributed by atoms with E-state index < -0.39 is 11.7 Å². The molecule has 18 heavy (non-hydrogen) atoms. The summed E-state index contributed by atoms with van der Waals surface area (Å²) in [6.07, 6.45) is 3.11. The lowest BCUT2D eigenvalue weighted by molar-refractivity contribution is 0.102. The second kappa shape index (κ2) is 4.87. The van der Waals surface area contributed by atoms with Gasteiger partial charge in [0.1, 0.15) is 11.6 Å². The zero-order valence-corrected chi connectivity index (χ0v) is 9.98. The normalized spacial score (nSPS) is 10.2. The topological polar surface area (TPSA) is 56.1 Å². The number of nitrogens with one attached hydrogen (secondary N) is 1. The number of anilines is 1. The average molecular weight is 249 g/mol. The molecule has 5 nitrogen and oxygen atoms in total. The monoisotopic (exact) mass is 249 g/mol. The van der Waals surface area contributed by atoms with Crippen molar-refractivity contribution in [3.63, 3.8) is 0 Å². The Labute approximate surface area is 103 Å². The highest BCUT2D eigenvalue weighted by Gasteiger charge is 2.13. The molecule has 0 unspecified atom stereocenters. The van der Waals surface area contributed by atoms with Gasteiger partial charge in [0, 0.05) is 19.3 Å². The van der Waals surface area contributed by atoms with Gasteiger partial charge in [0.25, 0.3) is 5.91 Å². The summed E-state index contributed by atoms with van der Waals surface area (Å²) >= 11 is 0. The fourth-order valence-electron chi connectivity index (χ4n) is 1.49. The molecular weight excluding hydrogens is 237 g/mol. The smallest absolute Gasteiger partial charge is 0.258 e. The zero-order chi connectivity index (χ0) is 13.1. The second-order valence-electron chi connectivity index (χ2n) is 3.70. The van der Waals surface area contributed by atoms with Gasteiger partial charge >= 0.3 is 0 Å². The van der Waals surface area contributed by atoms with Crippen molar-refractivity contribution in [2.24, 2.45) is 7.05 Å². The number of nitrogens with zero attached hydrogens (tertiary/aromatic N) is 2. The summed E-state index contributed by atoms with van der Waals surface area (Å²) in [5.41, 5.74) is 0.470. The third-order valence-corrected chi connectivity index (χ3v) is 2.38. The molecule has 0 aliphatic rings. The molecule has 0 fully saturated rings. The van der Waals surface area contributed by atoms with E-state index in [1.54, 1.807) is 17.9 Å². The number of benzene rings is 1. The summed E-state index contributed by atoms with van der Waals surface area (Å²) in [5, 5.41) is 6.46. The maximum Gasteiger partial charge on any atom is 0.258 e. The predicted molar refractivity (Wildman–Crippen MR) is 64.1 cm³/mol. The fourth-order valence-corrected chi connectivity index (χ4v) is 1.49. The van der Waals surface area contributed by atoms with Crippen LogP contribution in [0.3, 0.4) is 0 Å². The molecule has 1 amide bonds. The van der Waals surface area contributed by atoms with Crippen molar-refractivity contribution in [2.75, 3.05) is 12.4 Å². The van der Waals surface area contributed by atoms with Crippen molar-refractivity contribution in [1.82, 2.24) is 9.78 Å². The van der Waals surface area contributed by atoms with Gasteiger partial charge in [-0.1, -0.05) is 0 Å². The third kappa shape index (κ3) is 2.48. The van der Waals surface area contributed by atoms with E-state index in [9.17, 15) is 9.18 Å². The minimum atomic E-state index is -0.629. The number of hydrogen-bond acceptors (Lipinski definition) is 3. The Hall–Kier alpha value is -2.37. The highest BCUT2D eigenvalue weighted by atomic mass is 19.1. The first kappa shape index (κ1) is 12.1. The molecule has 0 aliphatic heterocycles. The second-order valence-corrected chi connectivity index (χ2v) is 3.70. The number of aromatic nitrogens is 2. The van der Waals surface area contributed by atoms with Crippen LogP contribution >= 0.6 is 0 Å². The van der Waals surface area contributed by atoms with Crippen LogP contribution in [-0.2, 0) is 7.05 Å². The standard InChI is InChI=1S/C12H12FN3O2/c1-16-7-8(6-14-16)15-12(17)10-4-3-9(18-2)5-11(10)13/h3-7H,1-2H3,(H,15,17). The molecule has 1 heterocycles. The van der Waals surface area contributed by atoms with Gasteiger partial charge in [0.05, 0.1) is 24.6 Å². The SMILES string of the molecule is COc1ccc(C(=O)Nc2cnn(C)c2)c(F)c1. The largest absolute Gasteiger partial charge is 0.497 e. The van der Waals surface area contributed by atoms with E-state index >= 15 is 0 Å². The number of amides is 1. The van der Waals surface area contributed by atoms with Gasteiger partial charge in [0.15, 0.2) is 0 Å². The van der Waals surface area contributed by atoms with Crippen molar-refractivity contribution in [2.45, 2.75) is 0 Å². The molecule has 0 bridgehead atoms. The number of rotatable bonds is 3. The summed E-state index contributed by atoms with van der Waals surface area (Å²) in [6.45, 7) is 0. The highest BCUT2D eigenvalue weighted by Crippen LogP contribution is 2.17. The molecule has 2 aromatic rings. The maximum atomic E-state index is 13.6. The number of halogens is 1. The minimum absolute atomic E-state index is 0.0420. The van der Waals surface area contributed by atoms with Crippen LogP contribution in [-0.4, -0.2) is 22.8 Å². The van der Waals surface area contributed by atoms with Crippen molar-refractivity contribution in [1.29, 1.82) is 0 Å². The van der Waals surface area contributed by atoms with Crippen LogP contribution in [0.4, 0.5) is 10.1 Å². The van der Waals surface area contributed by atoms with Crippen LogP contribution in [0.15, 0.2) is 30.6 Å². The first-order valence-corrected chi connectivity index (χ1v) is 5.23. The summed E-state index contributed by atoms with van der Waals surface area (Å²) in [6, 6.07) is 4.07. The fraction of sp³-hybridized carbons (Fsp3) is 0.167. The van der Waals surface area contributed by atoms with E-state index in [1.807, 2.05) is 0 Å². The van der Waals surface area contributed by atoms with Gasteiger partial charge in [-0.25, -0.2) is 4.39 Å². The molecule has 0 saturated heterocycles. The first-order valence-electron chi connectivity index (χ1n) is 5.23. The number of methoxy groups -OCH3 is 1. The van der Waals surface area contributed by atoms with Gasteiger partial charge in [-0.2, -0.15) is 5.10 Å². The van der Waals surface area contributed by atoms with Gasteiger partial charge in [-0.3, -0.25) is 9.48 Å². The number of aryl methyl sites for hydroxylation is 1. The summed E-state index contributed by atoms with van der Waals surface area (Å²) in [4.78, 5) is 11.8. The Kier molecular flexibility index (Phi) is 3.27. The van der Waals surface area contributed by atoms with Crippen LogP contribution in [0.2, 0.25) is 0 Å². The molecule has 1 aromatic carbocycles. The van der Waals surface area contributed by atoms with E-state index in [1.165, 1.54) is 25.4 Å². The van der Waals surface area contributed by atoms with E-state index in [-0.39, 0.29) is 5.56 Å². The van der Waals surface area contributed by atoms with Crippen LogP contribution in [0.1, 0.15) is 10.4 Å². The number of ether oxygens (including phenoxy) is 1. The van der Waals surface area contributed by atoms with Gasteiger partial charge < -0.3 is 10.1 Å². The summed E-state index contributed by atoms with van der Waals surface area (Å²) in [7, 11) is 3.16. The third-order valence-electron chi connectivity index (χ3n) is 2.38. The van der Waals surface area contributed by atoms with Crippen LogP contribution in [0.25, 0.3) is 0 Å². The lowest BCUT2D eigenvalue weighted by Gasteiger charge is -2.05. The Bertz CT molecular complexity index is 580. The Morgan fingerprint density at radius 1 is 1.50 bits per heavy atom. The van der Waals surface area contributed by atoms with Gasteiger partial charge in [-0.15, -0.1) is 0 Å². The van der Waals surface area contributed by atoms with E-state index in [4.69, 9.17) is 4.74 Å². The zero-order valence-electron chi connectivity index (χ0n) is 9.98. The van der Waals surface area contributed by atoms with Gasteiger partial charge in [0.2, 0.25) is 0 Å². The van der Waals surface area contributed by atoms with Crippen LogP contribution in [0.5, 0.6) is 5.75 Å². The first-order chi connectivity index (χ1) is 8.60. The minimum Gasteiger partial charge on any atom is -0.497 e. The lowest BCUT2D eigenvalue weighted by Crippen LogP contribution is -2.13. The van der Waals surface area contributed by atoms with E-state index in [0.29, 0.717) is 11.4 Å². The van der Waals surface area contributed by atoms with Crippen LogP contribution < -0.4 is 10.1 Å². The Morgan fingerprint density at radius 2 is 2.28 bits per heavy atom.